The molecule has 1 aromatic rings. The van der Waals surface area contributed by atoms with E-state index in [1.807, 2.05) is 18.7 Å². The first-order valence-corrected chi connectivity index (χ1v) is 10.1. The van der Waals surface area contributed by atoms with E-state index in [9.17, 15) is 0 Å². The number of thioether (sulfide) groups is 1. The van der Waals surface area contributed by atoms with Crippen LogP contribution in [0.25, 0.3) is 0 Å². The van der Waals surface area contributed by atoms with Crippen molar-refractivity contribution in [3.8, 4) is 0 Å². The second kappa shape index (κ2) is 14.0. The lowest BCUT2D eigenvalue weighted by molar-refractivity contribution is 0.251. The molecule has 0 amide bonds. The van der Waals surface area contributed by atoms with Crippen molar-refractivity contribution < 1.29 is 5.11 Å². The monoisotopic (exact) mass is 373 g/mol. The molecule has 1 rings (SSSR count). The van der Waals surface area contributed by atoms with E-state index in [0.29, 0.717) is 11.2 Å². The van der Waals surface area contributed by atoms with Gasteiger partial charge in [0.1, 0.15) is 0 Å². The lowest BCUT2D eigenvalue weighted by Crippen LogP contribution is -2.30. The lowest BCUT2D eigenvalue weighted by Gasteiger charge is -2.21. The Morgan fingerprint density at radius 1 is 1.08 bits per heavy atom. The first-order chi connectivity index (χ1) is 11.1. The third-order valence-corrected chi connectivity index (χ3v) is 5.22. The molecule has 0 aliphatic heterocycles. The predicted octanol–water partition coefficient (Wildman–Crippen LogP) is 5.63. The lowest BCUT2D eigenvalue weighted by atomic mass is 9.89. The largest absolute Gasteiger partial charge is 0.395 e. The molecular formula is C20H36ClNOS. The van der Waals surface area contributed by atoms with E-state index in [1.165, 1.54) is 42.6 Å². The zero-order chi connectivity index (χ0) is 17.1. The van der Waals surface area contributed by atoms with Crippen molar-refractivity contribution in [3.63, 3.8) is 0 Å². The summed E-state index contributed by atoms with van der Waals surface area (Å²) < 4.78 is 0. The maximum atomic E-state index is 9.09. The van der Waals surface area contributed by atoms with Gasteiger partial charge in [-0.1, -0.05) is 51.8 Å². The van der Waals surface area contributed by atoms with Gasteiger partial charge in [0.15, 0.2) is 0 Å². The second-order valence-corrected chi connectivity index (χ2v) is 8.34. The van der Waals surface area contributed by atoms with Gasteiger partial charge in [-0.3, -0.25) is 0 Å². The molecule has 2 N–H and O–H groups in total. The zero-order valence-electron chi connectivity index (χ0n) is 15.8. The molecule has 2 atom stereocenters. The molecule has 4 heteroatoms. The normalized spacial score (nSPS) is 13.6. The van der Waals surface area contributed by atoms with Crippen LogP contribution in [-0.4, -0.2) is 29.5 Å². The predicted molar refractivity (Wildman–Crippen MR) is 111 cm³/mol. The standard InChI is InChI=1S/C20H35NOS.ClH/c1-5-6-10-18(11-9-14-21-17(4)15-22)19-12-7-8-13-20(19)23-16(2)3;/h7-8,12-13,16-18,21-22H,5-6,9-11,14-15H2,1-4H3;1H. The SMILES string of the molecule is CCCCC(CCCNC(C)CO)c1ccccc1SC(C)C.Cl. The molecule has 0 saturated carbocycles. The Morgan fingerprint density at radius 3 is 2.38 bits per heavy atom. The molecule has 0 bridgehead atoms. The minimum Gasteiger partial charge on any atom is -0.395 e. The van der Waals surface area contributed by atoms with Crippen molar-refractivity contribution >= 4 is 24.2 Å². The molecule has 0 heterocycles. The third kappa shape index (κ3) is 9.31. The maximum Gasteiger partial charge on any atom is 0.0581 e. The highest BCUT2D eigenvalue weighted by atomic mass is 35.5. The molecule has 0 spiro atoms. The molecule has 0 fully saturated rings. The number of rotatable bonds is 12. The van der Waals surface area contributed by atoms with Crippen LogP contribution in [0, 0.1) is 0 Å². The number of hydrogen-bond acceptors (Lipinski definition) is 3. The minimum absolute atomic E-state index is 0. The number of unbranched alkanes of at least 4 members (excludes halogenated alkanes) is 1. The van der Waals surface area contributed by atoms with Gasteiger partial charge in [-0.05, 0) is 50.3 Å². The second-order valence-electron chi connectivity index (χ2n) is 6.72. The molecule has 2 unspecified atom stereocenters. The van der Waals surface area contributed by atoms with E-state index < -0.39 is 0 Å². The van der Waals surface area contributed by atoms with Crippen molar-refractivity contribution in [2.24, 2.45) is 0 Å². The van der Waals surface area contributed by atoms with Crippen LogP contribution in [0.3, 0.4) is 0 Å². The van der Waals surface area contributed by atoms with Crippen LogP contribution in [0.1, 0.15) is 71.3 Å². The first-order valence-electron chi connectivity index (χ1n) is 9.18. The summed E-state index contributed by atoms with van der Waals surface area (Å²) in [6.45, 7) is 10.0. The first kappa shape index (κ1) is 23.8. The van der Waals surface area contributed by atoms with Gasteiger partial charge in [0.2, 0.25) is 0 Å². The zero-order valence-corrected chi connectivity index (χ0v) is 17.4. The summed E-state index contributed by atoms with van der Waals surface area (Å²) in [7, 11) is 0. The van der Waals surface area contributed by atoms with E-state index in [4.69, 9.17) is 5.11 Å². The van der Waals surface area contributed by atoms with Crippen LogP contribution in [0.2, 0.25) is 0 Å². The minimum atomic E-state index is 0. The fourth-order valence-electron chi connectivity index (χ4n) is 2.85. The Bertz CT molecular complexity index is 428. The van der Waals surface area contributed by atoms with E-state index >= 15 is 0 Å². The Balaban J connectivity index is 0.00000529. The fraction of sp³-hybridized carbons (Fsp3) is 0.700. The summed E-state index contributed by atoms with van der Waals surface area (Å²) >= 11 is 1.99. The molecule has 0 aliphatic rings. The summed E-state index contributed by atoms with van der Waals surface area (Å²) in [5.41, 5.74) is 1.54. The third-order valence-electron chi connectivity index (χ3n) is 4.12. The number of nitrogens with one attached hydrogen (secondary N) is 1. The number of aliphatic hydroxyl groups is 1. The van der Waals surface area contributed by atoms with Gasteiger partial charge < -0.3 is 10.4 Å². The summed E-state index contributed by atoms with van der Waals surface area (Å²) in [4.78, 5) is 1.46. The van der Waals surface area contributed by atoms with Crippen molar-refractivity contribution in [1.29, 1.82) is 0 Å². The highest BCUT2D eigenvalue weighted by Gasteiger charge is 2.15. The van der Waals surface area contributed by atoms with Crippen LogP contribution in [-0.2, 0) is 0 Å². The van der Waals surface area contributed by atoms with Crippen LogP contribution >= 0.6 is 24.2 Å². The highest BCUT2D eigenvalue weighted by molar-refractivity contribution is 8.00. The van der Waals surface area contributed by atoms with Gasteiger partial charge in [0.05, 0.1) is 6.61 Å². The molecule has 0 saturated heterocycles. The number of hydrogen-bond donors (Lipinski definition) is 2. The maximum absolute atomic E-state index is 9.09. The Hall–Kier alpha value is -0.220. The number of halogens is 1. The van der Waals surface area contributed by atoms with Crippen LogP contribution in [0.15, 0.2) is 29.2 Å². The summed E-state index contributed by atoms with van der Waals surface area (Å²) in [5, 5.41) is 13.1. The van der Waals surface area contributed by atoms with Gasteiger partial charge >= 0.3 is 0 Å². The van der Waals surface area contributed by atoms with Crippen molar-refractivity contribution in [2.75, 3.05) is 13.2 Å². The van der Waals surface area contributed by atoms with Crippen LogP contribution < -0.4 is 5.32 Å². The summed E-state index contributed by atoms with van der Waals surface area (Å²) in [5.74, 6) is 0.656. The highest BCUT2D eigenvalue weighted by Crippen LogP contribution is 2.35. The molecule has 0 aliphatic carbocycles. The number of benzene rings is 1. The van der Waals surface area contributed by atoms with E-state index in [1.54, 1.807) is 0 Å². The molecule has 140 valence electrons. The average molecular weight is 374 g/mol. The van der Waals surface area contributed by atoms with Crippen LogP contribution in [0.5, 0.6) is 0 Å². The smallest absolute Gasteiger partial charge is 0.0581 e. The Labute approximate surface area is 159 Å². The quantitative estimate of drug-likeness (QED) is 0.367. The van der Waals surface area contributed by atoms with E-state index in [2.05, 4.69) is 50.4 Å². The molecule has 1 aromatic carbocycles. The summed E-state index contributed by atoms with van der Waals surface area (Å²) in [6.07, 6.45) is 6.23. The van der Waals surface area contributed by atoms with Crippen molar-refractivity contribution in [1.82, 2.24) is 5.32 Å². The molecular weight excluding hydrogens is 338 g/mol. The molecule has 24 heavy (non-hydrogen) atoms. The van der Waals surface area contributed by atoms with Gasteiger partial charge in [-0.25, -0.2) is 0 Å². The van der Waals surface area contributed by atoms with E-state index in [-0.39, 0.29) is 25.1 Å². The molecule has 2 nitrogen and oxygen atoms in total. The number of aliphatic hydroxyl groups excluding tert-OH is 1. The average Bonchev–Trinajstić information content (AvgIpc) is 2.54. The van der Waals surface area contributed by atoms with Crippen LogP contribution in [0.4, 0.5) is 0 Å². The van der Waals surface area contributed by atoms with Gasteiger partial charge in [-0.2, -0.15) is 0 Å². The van der Waals surface area contributed by atoms with Gasteiger partial charge in [0.25, 0.3) is 0 Å². The van der Waals surface area contributed by atoms with Gasteiger partial charge in [0, 0.05) is 16.2 Å². The van der Waals surface area contributed by atoms with Gasteiger partial charge in [-0.15, -0.1) is 24.2 Å². The summed E-state index contributed by atoms with van der Waals surface area (Å²) in [6, 6.07) is 9.16. The topological polar surface area (TPSA) is 32.3 Å². The van der Waals surface area contributed by atoms with E-state index in [0.717, 1.165) is 6.54 Å². The Morgan fingerprint density at radius 2 is 1.75 bits per heavy atom. The molecule has 0 radical (unpaired) electrons. The van der Waals surface area contributed by atoms with Crippen molar-refractivity contribution in [3.05, 3.63) is 29.8 Å². The van der Waals surface area contributed by atoms with Crippen molar-refractivity contribution in [2.45, 2.75) is 81.9 Å². The molecule has 0 aromatic heterocycles. The Kier molecular flexibility index (Phi) is 13.9. The fourth-order valence-corrected chi connectivity index (χ4v) is 3.88.